The second kappa shape index (κ2) is 8.46. The summed E-state index contributed by atoms with van der Waals surface area (Å²) >= 11 is 0. The molecule has 0 aromatic heterocycles. The number of benzene rings is 1. The Kier molecular flexibility index (Phi) is 9.25. The van der Waals surface area contributed by atoms with E-state index in [1.165, 1.54) is 6.92 Å². The van der Waals surface area contributed by atoms with Crippen LogP contribution in [0.2, 0.25) is 0 Å². The van der Waals surface area contributed by atoms with Crippen LogP contribution in [0.25, 0.3) is 0 Å². The summed E-state index contributed by atoms with van der Waals surface area (Å²) in [6.07, 6.45) is -0.179. The van der Waals surface area contributed by atoms with E-state index in [0.717, 1.165) is 0 Å². The largest absolute Gasteiger partial charge is 1.00 e. The van der Waals surface area contributed by atoms with Crippen molar-refractivity contribution < 1.29 is 57.5 Å². The van der Waals surface area contributed by atoms with Gasteiger partial charge in [0.2, 0.25) is 0 Å². The van der Waals surface area contributed by atoms with Crippen molar-refractivity contribution in [2.24, 2.45) is 5.41 Å². The van der Waals surface area contributed by atoms with Gasteiger partial charge in [0.15, 0.2) is 0 Å². The molecule has 0 atom stereocenters. The van der Waals surface area contributed by atoms with Crippen molar-refractivity contribution in [1.82, 2.24) is 0 Å². The van der Waals surface area contributed by atoms with Crippen molar-refractivity contribution in [3.05, 3.63) is 35.9 Å². The summed E-state index contributed by atoms with van der Waals surface area (Å²) in [7, 11) is 0. The van der Waals surface area contributed by atoms with Crippen LogP contribution in [0.15, 0.2) is 30.3 Å². The number of carbonyl (C=O) groups is 2. The number of aliphatic carboxylic acids is 2. The van der Waals surface area contributed by atoms with Crippen LogP contribution in [0.5, 0.6) is 0 Å². The smallest absolute Gasteiger partial charge is 0.549 e. The fourth-order valence-electron chi connectivity index (χ4n) is 1.59. The van der Waals surface area contributed by atoms with E-state index in [-0.39, 0.29) is 50.6 Å². The van der Waals surface area contributed by atoms with E-state index in [0.29, 0.717) is 5.56 Å². The second-order valence-corrected chi connectivity index (χ2v) is 3.67. The topological polar surface area (TPSA) is 80.3 Å². The molecule has 4 nitrogen and oxygen atoms in total. The van der Waals surface area contributed by atoms with Gasteiger partial charge in [-0.2, -0.15) is 0 Å². The molecule has 0 fully saturated rings. The van der Waals surface area contributed by atoms with Gasteiger partial charge in [0.25, 0.3) is 0 Å². The third-order valence-electron chi connectivity index (χ3n) is 2.73. The van der Waals surface area contributed by atoms with Crippen LogP contribution >= 0.6 is 0 Å². The van der Waals surface area contributed by atoms with Gasteiger partial charge in [0.05, 0.1) is 17.4 Å². The van der Waals surface area contributed by atoms with E-state index in [4.69, 9.17) is 0 Å². The molecule has 0 aliphatic rings. The molecule has 0 aliphatic carbocycles. The maximum Gasteiger partial charge on any atom is 1.00 e. The molecule has 0 unspecified atom stereocenters. The van der Waals surface area contributed by atoms with E-state index < -0.39 is 17.4 Å². The first-order valence-corrected chi connectivity index (χ1v) is 4.99. The standard InChI is InChI=1S/C12H14O4.2Li/c1-2-12(10(13)14,11(15)16)8-9-6-4-3-5-7-9;;/h3-7H,2,8H2,1H3,(H,13,14)(H,15,16);;/q;2*+1/p-2. The van der Waals surface area contributed by atoms with Crippen LogP contribution in [0.1, 0.15) is 18.9 Å². The summed E-state index contributed by atoms with van der Waals surface area (Å²) in [6.45, 7) is 1.49. The van der Waals surface area contributed by atoms with E-state index in [1.54, 1.807) is 30.3 Å². The van der Waals surface area contributed by atoms with Crippen molar-refractivity contribution in [3.63, 3.8) is 0 Å². The minimum Gasteiger partial charge on any atom is -0.549 e. The molecule has 0 spiro atoms. The van der Waals surface area contributed by atoms with E-state index in [2.05, 4.69) is 0 Å². The van der Waals surface area contributed by atoms with Gasteiger partial charge in [-0.15, -0.1) is 0 Å². The fourth-order valence-corrected chi connectivity index (χ4v) is 1.59. The minimum atomic E-state index is -1.94. The average Bonchev–Trinajstić information content (AvgIpc) is 2.26. The van der Waals surface area contributed by atoms with Crippen molar-refractivity contribution in [2.45, 2.75) is 19.8 Å². The van der Waals surface area contributed by atoms with Gasteiger partial charge in [0, 0.05) is 0 Å². The van der Waals surface area contributed by atoms with Crippen molar-refractivity contribution in [3.8, 4) is 0 Å². The molecule has 0 amide bonds. The Labute approximate surface area is 130 Å². The summed E-state index contributed by atoms with van der Waals surface area (Å²) in [5.41, 5.74) is -1.31. The normalized spacial score (nSPS) is 9.83. The molecule has 1 aromatic rings. The summed E-state index contributed by atoms with van der Waals surface area (Å²) in [5.74, 6) is -3.20. The Bertz CT molecular complexity index is 378. The molecule has 86 valence electrons. The first kappa shape index (κ1) is 19.7. The number of carboxylic acids is 2. The zero-order valence-corrected chi connectivity index (χ0v) is 10.9. The van der Waals surface area contributed by atoms with Crippen molar-refractivity contribution in [2.75, 3.05) is 0 Å². The van der Waals surface area contributed by atoms with Gasteiger partial charge >= 0.3 is 37.7 Å². The molecule has 0 heterocycles. The van der Waals surface area contributed by atoms with Crippen LogP contribution in [0, 0.1) is 5.41 Å². The Balaban J connectivity index is 0. The van der Waals surface area contributed by atoms with E-state index in [9.17, 15) is 19.8 Å². The van der Waals surface area contributed by atoms with E-state index in [1.807, 2.05) is 0 Å². The predicted octanol–water partition coefficient (Wildman–Crippen LogP) is -6.87. The van der Waals surface area contributed by atoms with Gasteiger partial charge in [-0.05, 0) is 18.4 Å². The van der Waals surface area contributed by atoms with Crippen molar-refractivity contribution in [1.29, 1.82) is 0 Å². The molecule has 0 N–H and O–H groups in total. The van der Waals surface area contributed by atoms with Gasteiger partial charge in [-0.3, -0.25) is 0 Å². The van der Waals surface area contributed by atoms with Gasteiger partial charge in [-0.1, -0.05) is 37.3 Å². The first-order valence-electron chi connectivity index (χ1n) is 4.99. The third-order valence-corrected chi connectivity index (χ3v) is 2.73. The van der Waals surface area contributed by atoms with Crippen LogP contribution in [-0.4, -0.2) is 11.9 Å². The molecule has 18 heavy (non-hydrogen) atoms. The van der Waals surface area contributed by atoms with Crippen LogP contribution in [0.4, 0.5) is 0 Å². The Morgan fingerprint density at radius 3 is 1.83 bits per heavy atom. The maximum absolute atomic E-state index is 11.0. The van der Waals surface area contributed by atoms with Crippen LogP contribution in [-0.2, 0) is 16.0 Å². The van der Waals surface area contributed by atoms with Gasteiger partial charge in [0.1, 0.15) is 0 Å². The molecule has 0 radical (unpaired) electrons. The predicted molar refractivity (Wildman–Crippen MR) is 52.9 cm³/mol. The Morgan fingerprint density at radius 1 is 1.06 bits per heavy atom. The first-order chi connectivity index (χ1) is 7.53. The fraction of sp³-hybridized carbons (Fsp3) is 0.333. The number of carboxylic acid groups (broad SMARTS) is 2. The zero-order valence-electron chi connectivity index (χ0n) is 10.9. The molecule has 0 aliphatic heterocycles. The molecule has 0 saturated carbocycles. The average molecular weight is 234 g/mol. The third kappa shape index (κ3) is 4.23. The van der Waals surface area contributed by atoms with Crippen LogP contribution < -0.4 is 47.9 Å². The summed E-state index contributed by atoms with van der Waals surface area (Å²) in [6, 6.07) is 8.57. The van der Waals surface area contributed by atoms with Crippen LogP contribution in [0.3, 0.4) is 0 Å². The Morgan fingerprint density at radius 2 is 1.50 bits per heavy atom. The van der Waals surface area contributed by atoms with E-state index >= 15 is 0 Å². The summed E-state index contributed by atoms with van der Waals surface area (Å²) in [4.78, 5) is 21.9. The number of hydrogen-bond acceptors (Lipinski definition) is 4. The van der Waals surface area contributed by atoms with Crippen molar-refractivity contribution >= 4 is 11.9 Å². The molecule has 0 bridgehead atoms. The molecule has 0 saturated heterocycles. The number of carbonyl (C=O) groups excluding carboxylic acids is 2. The molecule has 6 heteroatoms. The molecular formula is C12H12Li2O4. The number of rotatable bonds is 5. The van der Waals surface area contributed by atoms with Gasteiger partial charge in [-0.25, -0.2) is 0 Å². The summed E-state index contributed by atoms with van der Waals surface area (Å²) in [5, 5.41) is 21.9. The molecular weight excluding hydrogens is 222 g/mol. The quantitative estimate of drug-likeness (QED) is 0.374. The maximum atomic E-state index is 11.0. The SMILES string of the molecule is CCC(Cc1ccccc1)(C(=O)[O-])C(=O)[O-].[Li+].[Li+]. The zero-order chi connectivity index (χ0) is 12.2. The minimum absolute atomic E-state index is 0. The number of hydrogen-bond donors (Lipinski definition) is 0. The second-order valence-electron chi connectivity index (χ2n) is 3.67. The molecule has 1 rings (SSSR count). The Hall–Kier alpha value is -0.645. The molecule has 1 aromatic carbocycles. The van der Waals surface area contributed by atoms with Gasteiger partial charge < -0.3 is 19.8 Å². The summed E-state index contributed by atoms with van der Waals surface area (Å²) < 4.78 is 0. The monoisotopic (exact) mass is 234 g/mol.